The molecule has 71 heavy (non-hydrogen) atoms. The van der Waals surface area contributed by atoms with E-state index in [0.29, 0.717) is 40.4 Å². The highest BCUT2D eigenvalue weighted by Crippen LogP contribution is 2.47. The Morgan fingerprint density at radius 2 is 0.662 bits per heavy atom. The lowest BCUT2D eigenvalue weighted by molar-refractivity contribution is 0.111. The fraction of sp³-hybridized carbons (Fsp3) is 0.0769. The minimum Gasteiger partial charge on any atom is -0.505 e. The zero-order valence-electron chi connectivity index (χ0n) is 39.4. The van der Waals surface area contributed by atoms with Gasteiger partial charge >= 0.3 is 0 Å². The van der Waals surface area contributed by atoms with Crippen molar-refractivity contribution in [1.82, 2.24) is 9.13 Å². The molecule has 2 aromatic heterocycles. The van der Waals surface area contributed by atoms with Gasteiger partial charge in [0.2, 0.25) is 0 Å². The third-order valence-corrected chi connectivity index (χ3v) is 13.8. The van der Waals surface area contributed by atoms with Crippen molar-refractivity contribution in [1.29, 1.82) is 0 Å². The SMILES string of the molecule is Cc1cc(-c2ccccc2OC(CC(Oc2ccccc2-c2cc(C)cc(-n3c4ccccc4c4ccccc43)c2O)c2ccccc2)c2ccccc2)c(O)c(-n2c3ccccc3c3ccccc32)c1. The first-order valence-electron chi connectivity index (χ1n) is 24.2. The maximum Gasteiger partial charge on any atom is 0.147 e. The number of aromatic hydroxyl groups is 2. The Hall–Kier alpha value is -9.00. The molecule has 6 nitrogen and oxygen atoms in total. The highest BCUT2D eigenvalue weighted by atomic mass is 16.5. The Labute approximate surface area is 412 Å². The average Bonchev–Trinajstić information content (AvgIpc) is 3.93. The van der Waals surface area contributed by atoms with Crippen molar-refractivity contribution in [2.45, 2.75) is 32.5 Å². The Bertz CT molecular complexity index is 3570. The second-order valence-corrected chi connectivity index (χ2v) is 18.4. The van der Waals surface area contributed by atoms with E-state index >= 15 is 0 Å². The second-order valence-electron chi connectivity index (χ2n) is 18.4. The lowest BCUT2D eigenvalue weighted by Crippen LogP contribution is -2.17. The number of nitrogens with zero attached hydrogens (tertiary/aromatic N) is 2. The molecule has 0 aliphatic rings. The minimum atomic E-state index is -0.493. The number of rotatable bonds is 12. The summed E-state index contributed by atoms with van der Waals surface area (Å²) in [7, 11) is 0. The molecule has 12 rings (SSSR count). The quantitative estimate of drug-likeness (QED) is 0.128. The molecule has 0 fully saturated rings. The van der Waals surface area contributed by atoms with Crippen molar-refractivity contribution in [3.63, 3.8) is 0 Å². The number of para-hydroxylation sites is 6. The van der Waals surface area contributed by atoms with Crippen LogP contribution >= 0.6 is 0 Å². The molecule has 344 valence electrons. The van der Waals surface area contributed by atoms with E-state index in [-0.39, 0.29) is 11.5 Å². The topological polar surface area (TPSA) is 68.8 Å². The number of fused-ring (bicyclic) bond motifs is 6. The number of aryl methyl sites for hydroxylation is 2. The molecule has 2 N–H and O–H groups in total. The molecule has 2 unspecified atom stereocenters. The van der Waals surface area contributed by atoms with Gasteiger partial charge in [0.05, 0.1) is 33.4 Å². The first-order valence-corrected chi connectivity index (χ1v) is 24.2. The van der Waals surface area contributed by atoms with Crippen LogP contribution in [0.4, 0.5) is 0 Å². The van der Waals surface area contributed by atoms with Crippen molar-refractivity contribution in [3.05, 3.63) is 253 Å². The van der Waals surface area contributed by atoms with Crippen LogP contribution in [0, 0.1) is 13.8 Å². The van der Waals surface area contributed by atoms with Crippen LogP contribution in [0.25, 0.3) is 77.2 Å². The lowest BCUT2D eigenvalue weighted by Gasteiger charge is -2.28. The first kappa shape index (κ1) is 43.3. The van der Waals surface area contributed by atoms with Crippen LogP contribution in [-0.4, -0.2) is 19.3 Å². The summed E-state index contributed by atoms with van der Waals surface area (Å²) in [5.74, 6) is 1.59. The summed E-state index contributed by atoms with van der Waals surface area (Å²) in [5, 5.41) is 29.5. The van der Waals surface area contributed by atoms with E-state index in [1.54, 1.807) is 0 Å². The molecule has 0 aliphatic carbocycles. The molecule has 2 atom stereocenters. The largest absolute Gasteiger partial charge is 0.505 e. The fourth-order valence-electron chi connectivity index (χ4n) is 10.6. The van der Waals surface area contributed by atoms with Gasteiger partial charge in [-0.2, -0.15) is 0 Å². The van der Waals surface area contributed by atoms with Crippen molar-refractivity contribution in [3.8, 4) is 56.6 Å². The van der Waals surface area contributed by atoms with E-state index in [2.05, 4.69) is 132 Å². The van der Waals surface area contributed by atoms with Crippen molar-refractivity contribution in [2.24, 2.45) is 0 Å². The highest BCUT2D eigenvalue weighted by molar-refractivity contribution is 6.10. The molecule has 6 heteroatoms. The van der Waals surface area contributed by atoms with Crippen LogP contribution in [0.2, 0.25) is 0 Å². The molecule has 0 radical (unpaired) electrons. The number of phenols is 2. The molecule has 0 spiro atoms. The van der Waals surface area contributed by atoms with Crippen LogP contribution in [0.1, 0.15) is 40.9 Å². The fourth-order valence-corrected chi connectivity index (χ4v) is 10.6. The smallest absolute Gasteiger partial charge is 0.147 e. The van der Waals surface area contributed by atoms with E-state index in [1.165, 1.54) is 0 Å². The number of hydrogen-bond donors (Lipinski definition) is 2. The van der Waals surface area contributed by atoms with Gasteiger partial charge in [-0.1, -0.05) is 170 Å². The van der Waals surface area contributed by atoms with E-state index in [0.717, 1.165) is 77.0 Å². The highest BCUT2D eigenvalue weighted by Gasteiger charge is 2.28. The average molecular weight is 923 g/mol. The summed E-state index contributed by atoms with van der Waals surface area (Å²) >= 11 is 0. The van der Waals surface area contributed by atoms with Gasteiger partial charge in [-0.05, 0) is 96.8 Å². The minimum absolute atomic E-state index is 0.164. The number of hydrogen-bond acceptors (Lipinski definition) is 4. The summed E-state index contributed by atoms with van der Waals surface area (Å²) in [6.45, 7) is 4.13. The second kappa shape index (κ2) is 18.1. The van der Waals surface area contributed by atoms with Crippen LogP contribution in [0.5, 0.6) is 23.0 Å². The molecule has 12 aromatic rings. The molecular weight excluding hydrogens is 873 g/mol. The first-order chi connectivity index (χ1) is 34.9. The zero-order chi connectivity index (χ0) is 48.0. The molecule has 0 aliphatic heterocycles. The van der Waals surface area contributed by atoms with Gasteiger partial charge in [-0.15, -0.1) is 0 Å². The van der Waals surface area contributed by atoms with Gasteiger partial charge < -0.3 is 28.8 Å². The Balaban J connectivity index is 0.941. The van der Waals surface area contributed by atoms with Crippen molar-refractivity contribution in [2.75, 3.05) is 0 Å². The van der Waals surface area contributed by atoms with E-state index in [4.69, 9.17) is 9.47 Å². The summed E-state index contributed by atoms with van der Waals surface area (Å²) in [6.07, 6.45) is -0.560. The molecule has 0 saturated heterocycles. The van der Waals surface area contributed by atoms with Crippen LogP contribution in [0.3, 0.4) is 0 Å². The van der Waals surface area contributed by atoms with E-state index < -0.39 is 12.2 Å². The summed E-state index contributed by atoms with van der Waals surface area (Å²) in [5.41, 5.74) is 12.3. The third kappa shape index (κ3) is 7.80. The van der Waals surface area contributed by atoms with Gasteiger partial charge in [-0.3, -0.25) is 0 Å². The summed E-state index contributed by atoms with van der Waals surface area (Å²) in [6, 6.07) is 78.0. The molecule has 0 amide bonds. The number of ether oxygens (including phenoxy) is 2. The summed E-state index contributed by atoms with van der Waals surface area (Å²) in [4.78, 5) is 0. The number of aromatic nitrogens is 2. The Morgan fingerprint density at radius 3 is 1.03 bits per heavy atom. The monoisotopic (exact) mass is 922 g/mol. The van der Waals surface area contributed by atoms with Crippen LogP contribution in [0.15, 0.2) is 231 Å². The van der Waals surface area contributed by atoms with Crippen molar-refractivity contribution < 1.29 is 19.7 Å². The molecule has 0 saturated carbocycles. The Kier molecular flexibility index (Phi) is 11.1. The number of benzene rings is 10. The standard InChI is InChI=1S/C65H50N2O4/c1-42-37-52(64(68)58(39-42)66-54-31-15-9-25-46(54)47-26-10-16-32-55(47)66)50-29-13-19-35-60(50)70-62(44-21-5-3-6-22-44)41-63(45-23-7-4-8-24-45)71-61-36-20-14-30-51(61)53-38-43(2)40-59(65(53)69)67-56-33-17-11-27-48(56)49-28-12-18-34-57(49)67/h3-40,62-63,68-69H,41H2,1-2H3. The van der Waals surface area contributed by atoms with Gasteiger partial charge in [0.1, 0.15) is 35.2 Å². The zero-order valence-corrected chi connectivity index (χ0v) is 39.4. The van der Waals surface area contributed by atoms with Gasteiger partial charge in [-0.25, -0.2) is 0 Å². The van der Waals surface area contributed by atoms with Gasteiger partial charge in [0.25, 0.3) is 0 Å². The summed E-state index contributed by atoms with van der Waals surface area (Å²) < 4.78 is 18.9. The maximum atomic E-state index is 12.5. The molecule has 2 heterocycles. The molecule has 10 aromatic carbocycles. The van der Waals surface area contributed by atoms with E-state index in [9.17, 15) is 10.2 Å². The third-order valence-electron chi connectivity index (χ3n) is 13.8. The maximum absolute atomic E-state index is 12.5. The van der Waals surface area contributed by atoms with Crippen LogP contribution in [-0.2, 0) is 0 Å². The molecule has 0 bridgehead atoms. The number of phenolic OH excluding ortho intramolecular Hbond substituents is 2. The molecular formula is C65H50N2O4. The van der Waals surface area contributed by atoms with Crippen LogP contribution < -0.4 is 9.47 Å². The van der Waals surface area contributed by atoms with Gasteiger partial charge in [0, 0.05) is 50.2 Å². The van der Waals surface area contributed by atoms with E-state index in [1.807, 2.05) is 121 Å². The van der Waals surface area contributed by atoms with Gasteiger partial charge in [0.15, 0.2) is 0 Å². The Morgan fingerprint density at radius 1 is 0.352 bits per heavy atom. The normalized spacial score (nSPS) is 12.4. The lowest BCUT2D eigenvalue weighted by atomic mass is 9.96. The predicted octanol–water partition coefficient (Wildman–Crippen LogP) is 16.6. The van der Waals surface area contributed by atoms with Crippen molar-refractivity contribution >= 4 is 43.6 Å². The predicted molar refractivity (Wildman–Crippen MR) is 289 cm³/mol.